The largest absolute Gasteiger partial charge is 0.383 e. The first-order valence-corrected chi connectivity index (χ1v) is 8.36. The number of carbonyl (C=O) groups is 1. The smallest absolute Gasteiger partial charge is 0.270 e. The number of hydrogen-bond donors (Lipinski definition) is 1. The Bertz CT molecular complexity index is 927. The molecule has 3 rings (SSSR count). The van der Waals surface area contributed by atoms with E-state index in [1.165, 1.54) is 10.7 Å². The summed E-state index contributed by atoms with van der Waals surface area (Å²) in [6.45, 7) is 0.738. The third kappa shape index (κ3) is 3.92. The fourth-order valence-electron chi connectivity index (χ4n) is 2.51. The number of nitrogens with zero attached hydrogens (tertiary/aromatic N) is 2. The van der Waals surface area contributed by atoms with Gasteiger partial charge in [-0.3, -0.25) is 4.79 Å². The van der Waals surface area contributed by atoms with E-state index in [2.05, 4.69) is 10.4 Å². The molecule has 0 aliphatic rings. The molecule has 0 saturated carbocycles. The molecule has 134 valence electrons. The minimum atomic E-state index is -0.408. The van der Waals surface area contributed by atoms with Gasteiger partial charge in [0.1, 0.15) is 11.5 Å². The lowest BCUT2D eigenvalue weighted by Gasteiger charge is -2.08. The van der Waals surface area contributed by atoms with Gasteiger partial charge in [-0.05, 0) is 36.4 Å². The number of hydrogen-bond acceptors (Lipinski definition) is 3. The van der Waals surface area contributed by atoms with E-state index in [1.807, 2.05) is 0 Å². The molecule has 1 N–H and O–H groups in total. The average molecular weight is 374 g/mol. The number of carbonyl (C=O) groups excluding carboxylic acids is 1. The molecule has 0 atom stereocenters. The Hall–Kier alpha value is -2.70. The van der Waals surface area contributed by atoms with E-state index in [0.29, 0.717) is 35.1 Å². The SMILES string of the molecule is COCCNC(=O)c1cc(-c2ccccc2F)nn1-c1cccc(Cl)c1. The molecule has 0 aliphatic heterocycles. The van der Waals surface area contributed by atoms with Crippen molar-refractivity contribution in [2.45, 2.75) is 0 Å². The molecule has 3 aromatic rings. The molecule has 7 heteroatoms. The zero-order chi connectivity index (χ0) is 18.5. The normalized spacial score (nSPS) is 10.7. The maximum atomic E-state index is 14.1. The summed E-state index contributed by atoms with van der Waals surface area (Å²) in [4.78, 5) is 12.6. The van der Waals surface area contributed by atoms with E-state index < -0.39 is 5.82 Å². The van der Waals surface area contributed by atoms with Crippen molar-refractivity contribution in [3.63, 3.8) is 0 Å². The molecule has 0 saturated heterocycles. The van der Waals surface area contributed by atoms with Gasteiger partial charge in [0.15, 0.2) is 0 Å². The summed E-state index contributed by atoms with van der Waals surface area (Å²) >= 11 is 6.06. The van der Waals surface area contributed by atoms with Crippen LogP contribution in [0.4, 0.5) is 4.39 Å². The van der Waals surface area contributed by atoms with Gasteiger partial charge >= 0.3 is 0 Å². The number of methoxy groups -OCH3 is 1. The number of ether oxygens (including phenoxy) is 1. The summed E-state index contributed by atoms with van der Waals surface area (Å²) in [5.74, 6) is -0.744. The van der Waals surface area contributed by atoms with Gasteiger partial charge in [-0.2, -0.15) is 5.10 Å². The predicted molar refractivity (Wildman–Crippen MR) is 98.2 cm³/mol. The first kappa shape index (κ1) is 18.1. The van der Waals surface area contributed by atoms with Crippen LogP contribution >= 0.6 is 11.6 Å². The fraction of sp³-hybridized carbons (Fsp3) is 0.158. The molecule has 26 heavy (non-hydrogen) atoms. The number of amides is 1. The third-order valence-corrected chi connectivity index (χ3v) is 3.97. The van der Waals surface area contributed by atoms with E-state index in [4.69, 9.17) is 16.3 Å². The highest BCUT2D eigenvalue weighted by molar-refractivity contribution is 6.30. The number of nitrogens with one attached hydrogen (secondary N) is 1. The van der Waals surface area contributed by atoms with Crippen LogP contribution in [0.25, 0.3) is 16.9 Å². The molecule has 0 aliphatic carbocycles. The maximum absolute atomic E-state index is 14.1. The van der Waals surface area contributed by atoms with Gasteiger partial charge in [0, 0.05) is 24.2 Å². The van der Waals surface area contributed by atoms with Crippen LogP contribution in [0.5, 0.6) is 0 Å². The van der Waals surface area contributed by atoms with Crippen molar-refractivity contribution in [3.8, 4) is 16.9 Å². The highest BCUT2D eigenvalue weighted by atomic mass is 35.5. The minimum absolute atomic E-state index is 0.279. The Balaban J connectivity index is 2.06. The molecule has 0 spiro atoms. The van der Waals surface area contributed by atoms with Crippen molar-refractivity contribution in [2.24, 2.45) is 0 Å². The minimum Gasteiger partial charge on any atom is -0.383 e. The standard InChI is InChI=1S/C19H17ClFN3O2/c1-26-10-9-22-19(25)18-12-17(15-7-2-3-8-16(15)21)23-24(18)14-6-4-5-13(20)11-14/h2-8,11-12H,9-10H2,1H3,(H,22,25). The van der Waals surface area contributed by atoms with Crippen LogP contribution in [0.2, 0.25) is 5.02 Å². The van der Waals surface area contributed by atoms with E-state index in [0.717, 1.165) is 0 Å². The van der Waals surface area contributed by atoms with Crippen LogP contribution in [0.3, 0.4) is 0 Å². The molecule has 2 aromatic carbocycles. The summed E-state index contributed by atoms with van der Waals surface area (Å²) in [6.07, 6.45) is 0. The first-order chi connectivity index (χ1) is 12.6. The Morgan fingerprint density at radius 1 is 1.23 bits per heavy atom. The average Bonchev–Trinajstić information content (AvgIpc) is 3.07. The van der Waals surface area contributed by atoms with Crippen LogP contribution in [-0.4, -0.2) is 35.9 Å². The van der Waals surface area contributed by atoms with Crippen LogP contribution in [0.15, 0.2) is 54.6 Å². The number of rotatable bonds is 6. The maximum Gasteiger partial charge on any atom is 0.270 e. The van der Waals surface area contributed by atoms with Gasteiger partial charge < -0.3 is 10.1 Å². The Kier molecular flexibility index (Phi) is 5.65. The van der Waals surface area contributed by atoms with Crippen LogP contribution < -0.4 is 5.32 Å². The quantitative estimate of drug-likeness (QED) is 0.670. The van der Waals surface area contributed by atoms with Crippen molar-refractivity contribution >= 4 is 17.5 Å². The van der Waals surface area contributed by atoms with E-state index >= 15 is 0 Å². The molecule has 1 heterocycles. The number of aromatic nitrogens is 2. The van der Waals surface area contributed by atoms with Crippen molar-refractivity contribution in [3.05, 3.63) is 71.1 Å². The lowest BCUT2D eigenvalue weighted by Crippen LogP contribution is -2.28. The van der Waals surface area contributed by atoms with Gasteiger partial charge in [-0.15, -0.1) is 0 Å². The predicted octanol–water partition coefficient (Wildman–Crippen LogP) is 3.71. The Morgan fingerprint density at radius 2 is 2.04 bits per heavy atom. The van der Waals surface area contributed by atoms with Gasteiger partial charge in [0.2, 0.25) is 0 Å². The zero-order valence-electron chi connectivity index (χ0n) is 14.1. The molecular formula is C19H17ClFN3O2. The molecule has 5 nitrogen and oxygen atoms in total. The van der Waals surface area contributed by atoms with Crippen LogP contribution in [-0.2, 0) is 4.74 Å². The molecule has 1 aromatic heterocycles. The Morgan fingerprint density at radius 3 is 2.77 bits per heavy atom. The number of benzene rings is 2. The van der Waals surface area contributed by atoms with Gasteiger partial charge in [-0.1, -0.05) is 29.8 Å². The van der Waals surface area contributed by atoms with Gasteiger partial charge in [0.05, 0.1) is 18.0 Å². The van der Waals surface area contributed by atoms with E-state index in [9.17, 15) is 9.18 Å². The topological polar surface area (TPSA) is 56.1 Å². The zero-order valence-corrected chi connectivity index (χ0v) is 14.8. The van der Waals surface area contributed by atoms with Crippen molar-refractivity contribution in [1.29, 1.82) is 0 Å². The van der Waals surface area contributed by atoms with Gasteiger partial charge in [-0.25, -0.2) is 9.07 Å². The molecule has 0 fully saturated rings. The van der Waals surface area contributed by atoms with Crippen molar-refractivity contribution in [1.82, 2.24) is 15.1 Å². The summed E-state index contributed by atoms with van der Waals surface area (Å²) in [7, 11) is 1.55. The summed E-state index contributed by atoms with van der Waals surface area (Å²) in [5, 5.41) is 7.69. The lowest BCUT2D eigenvalue weighted by molar-refractivity contribution is 0.0929. The summed E-state index contributed by atoms with van der Waals surface area (Å²) in [6, 6.07) is 14.8. The molecule has 0 unspecified atom stereocenters. The van der Waals surface area contributed by atoms with E-state index in [-0.39, 0.29) is 11.6 Å². The first-order valence-electron chi connectivity index (χ1n) is 7.98. The Labute approximate surface area is 155 Å². The van der Waals surface area contributed by atoms with Crippen LogP contribution in [0, 0.1) is 5.82 Å². The van der Waals surface area contributed by atoms with Crippen molar-refractivity contribution in [2.75, 3.05) is 20.3 Å². The second kappa shape index (κ2) is 8.12. The van der Waals surface area contributed by atoms with Crippen LogP contribution in [0.1, 0.15) is 10.5 Å². The second-order valence-corrected chi connectivity index (χ2v) is 5.97. The molecule has 0 radical (unpaired) electrons. The van der Waals surface area contributed by atoms with Crippen molar-refractivity contribution < 1.29 is 13.9 Å². The second-order valence-electron chi connectivity index (χ2n) is 5.54. The third-order valence-electron chi connectivity index (χ3n) is 3.74. The highest BCUT2D eigenvalue weighted by Gasteiger charge is 2.19. The molecule has 1 amide bonds. The highest BCUT2D eigenvalue weighted by Crippen LogP contribution is 2.25. The molecular weight excluding hydrogens is 357 g/mol. The summed E-state index contributed by atoms with van der Waals surface area (Å²) in [5.41, 5.74) is 1.57. The lowest BCUT2D eigenvalue weighted by atomic mass is 10.1. The fourth-order valence-corrected chi connectivity index (χ4v) is 2.69. The molecule has 0 bridgehead atoms. The van der Waals surface area contributed by atoms with E-state index in [1.54, 1.807) is 55.6 Å². The number of halogens is 2. The van der Waals surface area contributed by atoms with Gasteiger partial charge in [0.25, 0.3) is 5.91 Å². The summed E-state index contributed by atoms with van der Waals surface area (Å²) < 4.78 is 20.5. The monoisotopic (exact) mass is 373 g/mol.